The molecular weight excluding hydrogens is 196 g/mol. The van der Waals surface area contributed by atoms with E-state index < -0.39 is 5.91 Å². The minimum absolute atomic E-state index is 0.0544. The maximum atomic E-state index is 11.4. The second-order valence-corrected chi connectivity index (χ2v) is 2.89. The van der Waals surface area contributed by atoms with Crippen molar-refractivity contribution < 1.29 is 14.7 Å². The minimum Gasteiger partial charge on any atom is -0.508 e. The Bertz CT molecular complexity index is 402. The van der Waals surface area contributed by atoms with Crippen LogP contribution in [0, 0.1) is 0 Å². The normalized spacial score (nSPS) is 9.47. The number of rotatable bonds is 2. The van der Waals surface area contributed by atoms with E-state index in [4.69, 9.17) is 0 Å². The Morgan fingerprint density at radius 3 is 2.13 bits per heavy atom. The van der Waals surface area contributed by atoms with Crippen molar-refractivity contribution >= 4 is 11.8 Å². The predicted octanol–water partition coefficient (Wildman–Crippen LogP) is 0.111. The van der Waals surface area contributed by atoms with Crippen molar-refractivity contribution in [1.29, 1.82) is 0 Å². The molecule has 0 bridgehead atoms. The molecule has 0 fully saturated rings. The first-order valence-electron chi connectivity index (χ1n) is 4.37. The Labute approximate surface area is 87.1 Å². The van der Waals surface area contributed by atoms with Gasteiger partial charge < -0.3 is 15.7 Å². The van der Waals surface area contributed by atoms with E-state index in [0.29, 0.717) is 0 Å². The van der Waals surface area contributed by atoms with Gasteiger partial charge in [-0.15, -0.1) is 0 Å². The Balaban J connectivity index is 3.26. The average molecular weight is 208 g/mol. The van der Waals surface area contributed by atoms with Crippen molar-refractivity contribution in [2.45, 2.75) is 0 Å². The van der Waals surface area contributed by atoms with Crippen molar-refractivity contribution in [3.63, 3.8) is 0 Å². The highest BCUT2D eigenvalue weighted by Crippen LogP contribution is 2.16. The molecule has 0 aliphatic heterocycles. The van der Waals surface area contributed by atoms with E-state index in [2.05, 4.69) is 10.6 Å². The molecule has 0 unspecified atom stereocenters. The fourth-order valence-electron chi connectivity index (χ4n) is 1.19. The molecule has 0 aliphatic carbocycles. The van der Waals surface area contributed by atoms with Gasteiger partial charge in [-0.3, -0.25) is 9.59 Å². The molecule has 1 aromatic carbocycles. The molecule has 0 aromatic heterocycles. The number of phenols is 1. The van der Waals surface area contributed by atoms with E-state index in [0.717, 1.165) is 0 Å². The predicted molar refractivity (Wildman–Crippen MR) is 54.9 cm³/mol. The fraction of sp³-hybridized carbons (Fsp3) is 0.200. The van der Waals surface area contributed by atoms with Gasteiger partial charge in [0.2, 0.25) is 0 Å². The van der Waals surface area contributed by atoms with Gasteiger partial charge in [0.25, 0.3) is 11.8 Å². The summed E-state index contributed by atoms with van der Waals surface area (Å²) in [5, 5.41) is 14.0. The molecule has 0 atom stereocenters. The second kappa shape index (κ2) is 4.45. The second-order valence-electron chi connectivity index (χ2n) is 2.89. The fourth-order valence-corrected chi connectivity index (χ4v) is 1.19. The van der Waals surface area contributed by atoms with E-state index >= 15 is 0 Å². The summed E-state index contributed by atoms with van der Waals surface area (Å²) in [4.78, 5) is 22.8. The molecule has 5 heteroatoms. The lowest BCUT2D eigenvalue weighted by Gasteiger charge is -2.07. The summed E-state index contributed by atoms with van der Waals surface area (Å²) >= 11 is 0. The van der Waals surface area contributed by atoms with Gasteiger partial charge in [-0.05, 0) is 18.2 Å². The summed E-state index contributed by atoms with van der Waals surface area (Å²) in [5.41, 5.74) is 0.381. The number of hydrogen-bond acceptors (Lipinski definition) is 3. The molecule has 0 radical (unpaired) electrons. The van der Waals surface area contributed by atoms with Crippen LogP contribution in [0.15, 0.2) is 18.2 Å². The molecule has 80 valence electrons. The van der Waals surface area contributed by atoms with Crippen molar-refractivity contribution in [1.82, 2.24) is 10.6 Å². The molecule has 0 aliphatic rings. The third-order valence-electron chi connectivity index (χ3n) is 1.95. The lowest BCUT2D eigenvalue weighted by atomic mass is 10.1. The Hall–Kier alpha value is -2.04. The zero-order chi connectivity index (χ0) is 11.4. The number of phenolic OH excluding ortho intramolecular Hbond substituents is 1. The molecule has 15 heavy (non-hydrogen) atoms. The largest absolute Gasteiger partial charge is 0.508 e. The van der Waals surface area contributed by atoms with Crippen LogP contribution in [0.25, 0.3) is 0 Å². The molecular formula is C10H12N2O3. The van der Waals surface area contributed by atoms with E-state index in [1.165, 1.54) is 32.3 Å². The van der Waals surface area contributed by atoms with Gasteiger partial charge in [0, 0.05) is 14.1 Å². The molecule has 0 saturated carbocycles. The maximum absolute atomic E-state index is 11.4. The molecule has 2 amide bonds. The van der Waals surface area contributed by atoms with E-state index in [1.54, 1.807) is 0 Å². The number of carbonyl (C=O) groups excluding carboxylic acids is 2. The monoisotopic (exact) mass is 208 g/mol. The Morgan fingerprint density at radius 2 is 1.60 bits per heavy atom. The van der Waals surface area contributed by atoms with Gasteiger partial charge in [0.1, 0.15) is 5.75 Å². The molecule has 1 aromatic rings. The van der Waals surface area contributed by atoms with Crippen LogP contribution < -0.4 is 10.6 Å². The quantitative estimate of drug-likeness (QED) is 0.645. The Kier molecular flexibility index (Phi) is 3.28. The van der Waals surface area contributed by atoms with Crippen molar-refractivity contribution in [2.24, 2.45) is 0 Å². The van der Waals surface area contributed by atoms with Crippen LogP contribution in [0.1, 0.15) is 20.7 Å². The van der Waals surface area contributed by atoms with Crippen molar-refractivity contribution in [3.05, 3.63) is 29.3 Å². The molecule has 0 saturated heterocycles. The lowest BCUT2D eigenvalue weighted by Crippen LogP contribution is -2.25. The van der Waals surface area contributed by atoms with Crippen molar-refractivity contribution in [3.8, 4) is 5.75 Å². The van der Waals surface area contributed by atoms with Crippen LogP contribution in [-0.2, 0) is 0 Å². The zero-order valence-electron chi connectivity index (χ0n) is 8.50. The molecule has 5 nitrogen and oxygen atoms in total. The molecule has 0 heterocycles. The number of benzene rings is 1. The summed E-state index contributed by atoms with van der Waals surface area (Å²) in [7, 11) is 2.93. The number of aromatic hydroxyl groups is 1. The SMILES string of the molecule is CNC(=O)c1ccc(O)cc1C(=O)NC. The number of carbonyl (C=O) groups is 2. The van der Waals surface area contributed by atoms with E-state index in [9.17, 15) is 14.7 Å². The first-order chi connectivity index (χ1) is 7.10. The van der Waals surface area contributed by atoms with E-state index in [1.807, 2.05) is 0 Å². The maximum Gasteiger partial charge on any atom is 0.251 e. The summed E-state index contributed by atoms with van der Waals surface area (Å²) in [6.45, 7) is 0. The molecule has 0 spiro atoms. The van der Waals surface area contributed by atoms with Gasteiger partial charge in [0.05, 0.1) is 11.1 Å². The summed E-state index contributed by atoms with van der Waals surface area (Å²) < 4.78 is 0. The smallest absolute Gasteiger partial charge is 0.251 e. The Morgan fingerprint density at radius 1 is 1.07 bits per heavy atom. The third kappa shape index (κ3) is 2.25. The van der Waals surface area contributed by atoms with Gasteiger partial charge in [-0.25, -0.2) is 0 Å². The van der Waals surface area contributed by atoms with Crippen LogP contribution in [0.4, 0.5) is 0 Å². The van der Waals surface area contributed by atoms with Crippen LogP contribution in [0.2, 0.25) is 0 Å². The van der Waals surface area contributed by atoms with Gasteiger partial charge in [0.15, 0.2) is 0 Å². The third-order valence-corrected chi connectivity index (χ3v) is 1.95. The number of nitrogens with one attached hydrogen (secondary N) is 2. The summed E-state index contributed by atoms with van der Waals surface area (Å²) in [6, 6.07) is 4.01. The first kappa shape index (κ1) is 11.0. The highest BCUT2D eigenvalue weighted by atomic mass is 16.3. The topological polar surface area (TPSA) is 78.4 Å². The minimum atomic E-state index is -0.412. The summed E-state index contributed by atoms with van der Waals surface area (Å²) in [5.74, 6) is -0.834. The molecule has 1 rings (SSSR count). The standard InChI is InChI=1S/C10H12N2O3/c1-11-9(14)7-4-3-6(13)5-8(7)10(15)12-2/h3-5,13H,1-2H3,(H,11,14)(H,12,15). The van der Waals surface area contributed by atoms with Crippen LogP contribution in [-0.4, -0.2) is 31.0 Å². The molecule has 3 N–H and O–H groups in total. The van der Waals surface area contributed by atoms with Crippen molar-refractivity contribution in [2.75, 3.05) is 14.1 Å². The van der Waals surface area contributed by atoms with E-state index in [-0.39, 0.29) is 22.8 Å². The average Bonchev–Trinajstić information content (AvgIpc) is 2.26. The van der Waals surface area contributed by atoms with Crippen LogP contribution in [0.3, 0.4) is 0 Å². The zero-order valence-corrected chi connectivity index (χ0v) is 8.50. The van der Waals surface area contributed by atoms with Gasteiger partial charge in [-0.2, -0.15) is 0 Å². The van der Waals surface area contributed by atoms with Crippen LogP contribution in [0.5, 0.6) is 5.75 Å². The highest BCUT2D eigenvalue weighted by Gasteiger charge is 2.15. The lowest BCUT2D eigenvalue weighted by molar-refractivity contribution is 0.0929. The number of amides is 2. The summed E-state index contributed by atoms with van der Waals surface area (Å²) in [6.07, 6.45) is 0. The van der Waals surface area contributed by atoms with Gasteiger partial charge in [-0.1, -0.05) is 0 Å². The highest BCUT2D eigenvalue weighted by molar-refractivity contribution is 6.07. The first-order valence-corrected chi connectivity index (χ1v) is 4.37. The number of hydrogen-bond donors (Lipinski definition) is 3. The van der Waals surface area contributed by atoms with Gasteiger partial charge >= 0.3 is 0 Å². The van der Waals surface area contributed by atoms with Crippen LogP contribution >= 0.6 is 0 Å².